The number of carbonyl (C=O) groups excluding carboxylic acids is 2. The van der Waals surface area contributed by atoms with Gasteiger partial charge in [0.25, 0.3) is 11.6 Å². The summed E-state index contributed by atoms with van der Waals surface area (Å²) in [6.07, 6.45) is 0. The van der Waals surface area contributed by atoms with Crippen molar-refractivity contribution in [3.8, 4) is 11.5 Å². The van der Waals surface area contributed by atoms with E-state index in [9.17, 15) is 19.7 Å². The normalized spacial score (nSPS) is 18.0. The molecule has 10 heteroatoms. The largest absolute Gasteiger partial charge is 0.419 e. The van der Waals surface area contributed by atoms with Crippen molar-refractivity contribution >= 4 is 28.4 Å². The number of nitrogens with one attached hydrogen (secondary N) is 1. The van der Waals surface area contributed by atoms with E-state index in [0.717, 1.165) is 15.7 Å². The maximum Gasteiger partial charge on any atom is 0.325 e. The summed E-state index contributed by atoms with van der Waals surface area (Å²) in [5.41, 5.74) is -0.139. The molecule has 2 heterocycles. The molecule has 1 fully saturated rings. The Kier molecular flexibility index (Phi) is 4.63. The summed E-state index contributed by atoms with van der Waals surface area (Å²) in [7, 11) is 0. The predicted octanol–water partition coefficient (Wildman–Crippen LogP) is 3.77. The molecule has 1 aliphatic heterocycles. The van der Waals surface area contributed by atoms with Crippen LogP contribution in [0.1, 0.15) is 18.4 Å². The topological polar surface area (TPSA) is 131 Å². The first-order chi connectivity index (χ1) is 15.9. The van der Waals surface area contributed by atoms with Crippen LogP contribution in [0.5, 0.6) is 0 Å². The summed E-state index contributed by atoms with van der Waals surface area (Å²) in [5, 5.41) is 23.3. The predicted molar refractivity (Wildman–Crippen MR) is 117 cm³/mol. The Balaban J connectivity index is 1.41. The van der Waals surface area contributed by atoms with Crippen LogP contribution in [0.15, 0.2) is 71.1 Å². The molecule has 3 aromatic carbocycles. The van der Waals surface area contributed by atoms with Crippen LogP contribution >= 0.6 is 0 Å². The molecule has 1 N–H and O–H groups in total. The van der Waals surface area contributed by atoms with Gasteiger partial charge in [0.1, 0.15) is 12.1 Å². The molecule has 3 amide bonds. The van der Waals surface area contributed by atoms with E-state index in [2.05, 4.69) is 15.5 Å². The Bertz CT molecular complexity index is 1410. The van der Waals surface area contributed by atoms with Crippen LogP contribution in [0.25, 0.3) is 22.2 Å². The van der Waals surface area contributed by atoms with Crippen molar-refractivity contribution in [1.29, 1.82) is 0 Å². The van der Waals surface area contributed by atoms with Gasteiger partial charge in [-0.05, 0) is 35.4 Å². The molecular weight excluding hydrogens is 426 g/mol. The van der Waals surface area contributed by atoms with Crippen LogP contribution in [-0.2, 0) is 16.9 Å². The van der Waals surface area contributed by atoms with Crippen LogP contribution in [0.3, 0.4) is 0 Å². The van der Waals surface area contributed by atoms with Crippen molar-refractivity contribution in [1.82, 2.24) is 20.4 Å². The quantitative estimate of drug-likeness (QED) is 0.282. The van der Waals surface area contributed by atoms with Gasteiger partial charge in [-0.1, -0.05) is 42.5 Å². The Labute approximate surface area is 187 Å². The monoisotopic (exact) mass is 443 g/mol. The van der Waals surface area contributed by atoms with Gasteiger partial charge in [-0.25, -0.2) is 4.79 Å². The van der Waals surface area contributed by atoms with E-state index in [-0.39, 0.29) is 24.0 Å². The Hall–Kier alpha value is -4.60. The summed E-state index contributed by atoms with van der Waals surface area (Å²) in [6, 6.07) is 18.3. The zero-order valence-electron chi connectivity index (χ0n) is 17.4. The van der Waals surface area contributed by atoms with Gasteiger partial charge in [0.15, 0.2) is 0 Å². The number of carbonyl (C=O) groups is 2. The first-order valence-corrected chi connectivity index (χ1v) is 10.1. The fraction of sp³-hybridized carbons (Fsp3) is 0.130. The fourth-order valence-electron chi connectivity index (χ4n) is 3.98. The number of nitrogens with zero attached hydrogens (tertiary/aromatic N) is 4. The van der Waals surface area contributed by atoms with Gasteiger partial charge in [0.05, 0.1) is 4.92 Å². The van der Waals surface area contributed by atoms with Gasteiger partial charge in [0, 0.05) is 17.7 Å². The average Bonchev–Trinajstić information content (AvgIpc) is 3.38. The lowest BCUT2D eigenvalue weighted by Crippen LogP contribution is -2.41. The van der Waals surface area contributed by atoms with Crippen molar-refractivity contribution < 1.29 is 18.9 Å². The first-order valence-electron chi connectivity index (χ1n) is 10.1. The summed E-state index contributed by atoms with van der Waals surface area (Å²) in [6.45, 7) is 1.47. The number of rotatable bonds is 5. The molecule has 1 aromatic heterocycles. The number of non-ortho nitro benzene ring substituents is 1. The van der Waals surface area contributed by atoms with E-state index in [4.69, 9.17) is 4.42 Å². The van der Waals surface area contributed by atoms with Crippen molar-refractivity contribution in [2.75, 3.05) is 0 Å². The number of aromatic nitrogens is 2. The molecule has 0 bridgehead atoms. The smallest absolute Gasteiger partial charge is 0.325 e. The van der Waals surface area contributed by atoms with E-state index >= 15 is 0 Å². The lowest BCUT2D eigenvalue weighted by Gasteiger charge is -2.23. The minimum absolute atomic E-state index is 0.0639. The number of nitro groups is 1. The summed E-state index contributed by atoms with van der Waals surface area (Å²) in [4.78, 5) is 37.4. The molecule has 10 nitrogen and oxygen atoms in total. The summed E-state index contributed by atoms with van der Waals surface area (Å²) >= 11 is 0. The lowest BCUT2D eigenvalue weighted by molar-refractivity contribution is -0.384. The molecule has 4 aromatic rings. The number of benzene rings is 3. The second-order valence-electron chi connectivity index (χ2n) is 7.78. The zero-order chi connectivity index (χ0) is 23.2. The van der Waals surface area contributed by atoms with Crippen LogP contribution in [0.2, 0.25) is 0 Å². The van der Waals surface area contributed by atoms with Gasteiger partial charge < -0.3 is 9.73 Å². The molecule has 0 saturated carbocycles. The molecule has 5 rings (SSSR count). The van der Waals surface area contributed by atoms with Crippen LogP contribution < -0.4 is 5.32 Å². The van der Waals surface area contributed by atoms with Crippen LogP contribution in [0, 0.1) is 10.1 Å². The standard InChI is InChI=1S/C23H17N5O5/c1-23(18-8-4-6-14-5-2-3-7-17(14)18)21(29)27(22(30)24-23)13-19-25-26-20(33-19)15-9-11-16(12-10-15)28(31)32/h2-12H,13H2,1H3,(H,24,30). The van der Waals surface area contributed by atoms with Gasteiger partial charge in [-0.2, -0.15) is 0 Å². The highest BCUT2D eigenvalue weighted by molar-refractivity contribution is 6.09. The number of urea groups is 1. The van der Waals surface area contributed by atoms with Gasteiger partial charge in [-0.3, -0.25) is 19.8 Å². The Morgan fingerprint density at radius 1 is 1.03 bits per heavy atom. The fourth-order valence-corrected chi connectivity index (χ4v) is 3.98. The van der Waals surface area contributed by atoms with Gasteiger partial charge in [0.2, 0.25) is 11.8 Å². The van der Waals surface area contributed by atoms with Gasteiger partial charge in [-0.15, -0.1) is 10.2 Å². The van der Waals surface area contributed by atoms with Crippen LogP contribution in [0.4, 0.5) is 10.5 Å². The second-order valence-corrected chi connectivity index (χ2v) is 7.78. The lowest BCUT2D eigenvalue weighted by atomic mass is 9.88. The van der Waals surface area contributed by atoms with E-state index in [1.54, 1.807) is 6.92 Å². The first kappa shape index (κ1) is 20.3. The minimum Gasteiger partial charge on any atom is -0.419 e. The average molecular weight is 443 g/mol. The number of amides is 3. The third-order valence-electron chi connectivity index (χ3n) is 5.69. The number of nitro benzene ring substituents is 1. The highest BCUT2D eigenvalue weighted by atomic mass is 16.6. The second kappa shape index (κ2) is 7.52. The molecule has 0 aliphatic carbocycles. The Morgan fingerprint density at radius 2 is 1.76 bits per heavy atom. The van der Waals surface area contributed by atoms with Crippen molar-refractivity contribution in [3.63, 3.8) is 0 Å². The Morgan fingerprint density at radius 3 is 2.52 bits per heavy atom. The third-order valence-corrected chi connectivity index (χ3v) is 5.69. The number of hydrogen-bond donors (Lipinski definition) is 1. The van der Waals surface area contributed by atoms with E-state index in [1.807, 2.05) is 42.5 Å². The maximum atomic E-state index is 13.4. The van der Waals surface area contributed by atoms with Crippen molar-refractivity contribution in [2.45, 2.75) is 19.0 Å². The molecule has 1 atom stereocenters. The highest BCUT2D eigenvalue weighted by Crippen LogP contribution is 2.34. The molecule has 33 heavy (non-hydrogen) atoms. The van der Waals surface area contributed by atoms with Crippen molar-refractivity contribution in [3.05, 3.63) is 88.3 Å². The summed E-state index contributed by atoms with van der Waals surface area (Å²) in [5.74, 6) is -0.239. The number of imide groups is 1. The maximum absolute atomic E-state index is 13.4. The number of fused-ring (bicyclic) bond motifs is 1. The molecule has 1 aliphatic rings. The highest BCUT2D eigenvalue weighted by Gasteiger charge is 2.50. The molecule has 1 saturated heterocycles. The zero-order valence-corrected chi connectivity index (χ0v) is 17.4. The van der Waals surface area contributed by atoms with E-state index in [0.29, 0.717) is 11.1 Å². The van der Waals surface area contributed by atoms with Gasteiger partial charge >= 0.3 is 6.03 Å². The number of hydrogen-bond acceptors (Lipinski definition) is 7. The van der Waals surface area contributed by atoms with Crippen molar-refractivity contribution in [2.24, 2.45) is 0 Å². The SMILES string of the molecule is CC1(c2cccc3ccccc23)NC(=O)N(Cc2nnc(-c3ccc([N+](=O)[O-])cc3)o2)C1=O. The third kappa shape index (κ3) is 3.37. The minimum atomic E-state index is -1.25. The van der Waals surface area contributed by atoms with Crippen LogP contribution in [-0.4, -0.2) is 32.0 Å². The molecule has 1 unspecified atom stereocenters. The van der Waals surface area contributed by atoms with E-state index < -0.39 is 22.4 Å². The molecule has 0 spiro atoms. The summed E-state index contributed by atoms with van der Waals surface area (Å²) < 4.78 is 5.61. The molecular formula is C23H17N5O5. The molecule has 0 radical (unpaired) electrons. The molecule has 164 valence electrons. The van der Waals surface area contributed by atoms with E-state index in [1.165, 1.54) is 24.3 Å².